The number of ether oxygens (including phenoxy) is 1. The fraction of sp³-hybridized carbons (Fsp3) is 1.00. The molecule has 0 aromatic carbocycles. The molecule has 60 valence electrons. The highest BCUT2D eigenvalue weighted by molar-refractivity contribution is 4.90. The molecule has 0 aromatic heterocycles. The lowest BCUT2D eigenvalue weighted by Crippen LogP contribution is -2.26. The first-order valence-electron chi connectivity index (χ1n) is 4.11. The van der Waals surface area contributed by atoms with Crippen molar-refractivity contribution in [3.63, 3.8) is 0 Å². The van der Waals surface area contributed by atoms with Gasteiger partial charge in [-0.3, -0.25) is 0 Å². The molecule has 0 unspecified atom stereocenters. The molecule has 1 heteroatoms. The van der Waals surface area contributed by atoms with Gasteiger partial charge in [0.1, 0.15) is 0 Å². The van der Waals surface area contributed by atoms with Crippen molar-refractivity contribution in [1.29, 1.82) is 0 Å². The monoisotopic (exact) mass is 142 g/mol. The van der Waals surface area contributed by atoms with E-state index in [1.807, 2.05) is 0 Å². The molecule has 0 aromatic rings. The lowest BCUT2D eigenvalue weighted by Gasteiger charge is -2.26. The Morgan fingerprint density at radius 2 is 1.60 bits per heavy atom. The third-order valence-electron chi connectivity index (χ3n) is 3.34. The van der Waals surface area contributed by atoms with Crippen LogP contribution in [0.4, 0.5) is 0 Å². The zero-order chi connectivity index (χ0) is 7.94. The second kappa shape index (κ2) is 2.23. The molecule has 1 rings (SSSR count). The van der Waals surface area contributed by atoms with E-state index in [1.54, 1.807) is 0 Å². The summed E-state index contributed by atoms with van der Waals surface area (Å²) in [6, 6.07) is 0. The molecule has 1 aliphatic rings. The largest absolute Gasteiger partial charge is 0.375 e. The lowest BCUT2D eigenvalue weighted by atomic mass is 9.76. The van der Waals surface area contributed by atoms with Crippen molar-refractivity contribution in [2.24, 2.45) is 11.3 Å². The zero-order valence-electron chi connectivity index (χ0n) is 7.64. The molecule has 10 heavy (non-hydrogen) atoms. The smallest absolute Gasteiger partial charge is 0.0605 e. The van der Waals surface area contributed by atoms with Gasteiger partial charge in [-0.15, -0.1) is 0 Å². The quantitative estimate of drug-likeness (QED) is 0.505. The van der Waals surface area contributed by atoms with Crippen molar-refractivity contribution in [3.05, 3.63) is 0 Å². The Bertz CT molecular complexity index is 129. The first kappa shape index (κ1) is 8.06. The molecular formula is C9H18O. The van der Waals surface area contributed by atoms with E-state index in [9.17, 15) is 0 Å². The molecule has 0 amide bonds. The molecule has 0 N–H and O–H groups in total. The highest BCUT2D eigenvalue weighted by Crippen LogP contribution is 2.42. The predicted octanol–water partition coefficient (Wildman–Crippen LogP) is 2.46. The van der Waals surface area contributed by atoms with Gasteiger partial charge < -0.3 is 4.74 Å². The maximum absolute atomic E-state index is 5.69. The average molecular weight is 142 g/mol. The Balaban J connectivity index is 2.75. The maximum Gasteiger partial charge on any atom is 0.0605 e. The number of hydrogen-bond donors (Lipinski definition) is 0. The van der Waals surface area contributed by atoms with Gasteiger partial charge in [0, 0.05) is 0 Å². The minimum atomic E-state index is 0.361. The maximum atomic E-state index is 5.69. The average Bonchev–Trinajstić information content (AvgIpc) is 1.97. The van der Waals surface area contributed by atoms with E-state index in [4.69, 9.17) is 4.74 Å². The van der Waals surface area contributed by atoms with Crippen LogP contribution in [-0.4, -0.2) is 12.2 Å². The molecule has 1 nitrogen and oxygen atoms in total. The third-order valence-corrected chi connectivity index (χ3v) is 3.34. The van der Waals surface area contributed by atoms with Crippen molar-refractivity contribution in [2.75, 3.05) is 0 Å². The molecular weight excluding hydrogens is 124 g/mol. The van der Waals surface area contributed by atoms with Crippen LogP contribution in [0.25, 0.3) is 0 Å². The predicted molar refractivity (Wildman–Crippen MR) is 43.0 cm³/mol. The molecule has 0 radical (unpaired) electrons. The van der Waals surface area contributed by atoms with Crippen molar-refractivity contribution < 1.29 is 4.74 Å². The van der Waals surface area contributed by atoms with E-state index in [2.05, 4.69) is 34.6 Å². The van der Waals surface area contributed by atoms with Crippen molar-refractivity contribution in [3.8, 4) is 0 Å². The van der Waals surface area contributed by atoms with Crippen LogP contribution in [0.2, 0.25) is 0 Å². The van der Waals surface area contributed by atoms with Gasteiger partial charge in [-0.2, -0.15) is 0 Å². The Kier molecular flexibility index (Phi) is 1.80. The summed E-state index contributed by atoms with van der Waals surface area (Å²) in [5, 5.41) is 0. The minimum Gasteiger partial charge on any atom is -0.375 e. The lowest BCUT2D eigenvalue weighted by molar-refractivity contribution is 0.0396. The van der Waals surface area contributed by atoms with Crippen LogP contribution in [0.15, 0.2) is 0 Å². The Labute approximate surface area is 63.8 Å². The van der Waals surface area contributed by atoms with Crippen LogP contribution in [0, 0.1) is 11.3 Å². The fourth-order valence-corrected chi connectivity index (χ4v) is 1.59. The van der Waals surface area contributed by atoms with Gasteiger partial charge in [-0.1, -0.05) is 20.8 Å². The van der Waals surface area contributed by atoms with Crippen molar-refractivity contribution in [1.82, 2.24) is 0 Å². The molecule has 0 spiro atoms. The van der Waals surface area contributed by atoms with Crippen LogP contribution < -0.4 is 0 Å². The van der Waals surface area contributed by atoms with E-state index < -0.39 is 0 Å². The topological polar surface area (TPSA) is 9.23 Å². The molecule has 0 bridgehead atoms. The molecule has 3 atom stereocenters. The summed E-state index contributed by atoms with van der Waals surface area (Å²) in [6.45, 7) is 11.2. The van der Waals surface area contributed by atoms with Crippen molar-refractivity contribution >= 4 is 0 Å². The summed E-state index contributed by atoms with van der Waals surface area (Å²) in [7, 11) is 0. The summed E-state index contributed by atoms with van der Waals surface area (Å²) in [6.07, 6.45) is 0.850. The Morgan fingerprint density at radius 1 is 1.10 bits per heavy atom. The standard InChI is InChI=1S/C9H18O/c1-6-7(2)10-8(3)9(6,4)5/h6-8H,1-5H3/t6-,7-,8+/m1/s1. The van der Waals surface area contributed by atoms with Crippen LogP contribution >= 0.6 is 0 Å². The zero-order valence-corrected chi connectivity index (χ0v) is 7.64. The van der Waals surface area contributed by atoms with Gasteiger partial charge in [0.15, 0.2) is 0 Å². The second-order valence-electron chi connectivity index (χ2n) is 4.09. The Hall–Kier alpha value is -0.0400. The van der Waals surface area contributed by atoms with Gasteiger partial charge in [0.2, 0.25) is 0 Å². The number of rotatable bonds is 0. The molecule has 1 fully saturated rings. The number of hydrogen-bond acceptors (Lipinski definition) is 1. The van der Waals surface area contributed by atoms with E-state index in [-0.39, 0.29) is 0 Å². The highest BCUT2D eigenvalue weighted by atomic mass is 16.5. The third kappa shape index (κ3) is 0.968. The van der Waals surface area contributed by atoms with Gasteiger partial charge in [0.05, 0.1) is 12.2 Å². The first-order valence-corrected chi connectivity index (χ1v) is 4.11. The summed E-state index contributed by atoms with van der Waals surface area (Å²) in [4.78, 5) is 0. The first-order chi connectivity index (χ1) is 4.46. The summed E-state index contributed by atoms with van der Waals surface area (Å²) in [5.74, 6) is 0.683. The SMILES string of the molecule is C[C@@H]1O[C@H](C)[C@@H](C)C1(C)C. The minimum absolute atomic E-state index is 0.361. The second-order valence-corrected chi connectivity index (χ2v) is 4.09. The van der Waals surface area contributed by atoms with Crippen LogP contribution in [-0.2, 0) is 4.74 Å². The van der Waals surface area contributed by atoms with Gasteiger partial charge >= 0.3 is 0 Å². The normalized spacial score (nSPS) is 45.9. The van der Waals surface area contributed by atoms with Crippen LogP contribution in [0.5, 0.6) is 0 Å². The van der Waals surface area contributed by atoms with E-state index in [0.29, 0.717) is 23.5 Å². The van der Waals surface area contributed by atoms with Crippen LogP contribution in [0.1, 0.15) is 34.6 Å². The van der Waals surface area contributed by atoms with Crippen molar-refractivity contribution in [2.45, 2.75) is 46.8 Å². The van der Waals surface area contributed by atoms with Crippen LogP contribution in [0.3, 0.4) is 0 Å². The highest BCUT2D eigenvalue weighted by Gasteiger charge is 2.43. The molecule has 0 aliphatic carbocycles. The molecule has 1 saturated heterocycles. The molecule has 1 heterocycles. The molecule has 1 aliphatic heterocycles. The fourth-order valence-electron chi connectivity index (χ4n) is 1.59. The van der Waals surface area contributed by atoms with E-state index >= 15 is 0 Å². The van der Waals surface area contributed by atoms with E-state index in [1.165, 1.54) is 0 Å². The summed E-state index contributed by atoms with van der Waals surface area (Å²) < 4.78 is 5.69. The summed E-state index contributed by atoms with van der Waals surface area (Å²) >= 11 is 0. The van der Waals surface area contributed by atoms with Gasteiger partial charge in [-0.05, 0) is 25.2 Å². The van der Waals surface area contributed by atoms with Gasteiger partial charge in [-0.25, -0.2) is 0 Å². The van der Waals surface area contributed by atoms with Gasteiger partial charge in [0.25, 0.3) is 0 Å². The van der Waals surface area contributed by atoms with E-state index in [0.717, 1.165) is 0 Å². The Morgan fingerprint density at radius 3 is 1.70 bits per heavy atom. The molecule has 0 saturated carbocycles. The summed E-state index contributed by atoms with van der Waals surface area (Å²) in [5.41, 5.74) is 0.361.